The number of carbonyl (C=O) groups is 2. The summed E-state index contributed by atoms with van der Waals surface area (Å²) < 4.78 is 6.21. The number of anilines is 1. The summed E-state index contributed by atoms with van der Waals surface area (Å²) in [6.07, 6.45) is 9.01. The van der Waals surface area contributed by atoms with Gasteiger partial charge >= 0.3 is 0 Å². The molecule has 0 aliphatic rings. The quantitative estimate of drug-likeness (QED) is 0.352. The SMILES string of the molecule is CCCCCc1ccc(OC(CC)C(=O)Nc2cccc(C(N)=O)c2)c(CCCCC)c1. The highest BCUT2D eigenvalue weighted by Gasteiger charge is 2.20. The summed E-state index contributed by atoms with van der Waals surface area (Å²) in [6.45, 7) is 6.34. The maximum atomic E-state index is 12.9. The molecule has 32 heavy (non-hydrogen) atoms. The Balaban J connectivity index is 2.14. The van der Waals surface area contributed by atoms with Gasteiger partial charge in [-0.05, 0) is 67.5 Å². The number of carbonyl (C=O) groups excluding carboxylic acids is 2. The van der Waals surface area contributed by atoms with E-state index in [1.165, 1.54) is 36.8 Å². The molecule has 3 N–H and O–H groups in total. The fraction of sp³-hybridized carbons (Fsp3) is 0.481. The topological polar surface area (TPSA) is 81.4 Å². The minimum Gasteiger partial charge on any atom is -0.480 e. The molecule has 0 bridgehead atoms. The molecule has 5 nitrogen and oxygen atoms in total. The number of amides is 2. The lowest BCUT2D eigenvalue weighted by Crippen LogP contribution is -2.32. The van der Waals surface area contributed by atoms with Crippen LogP contribution in [0.5, 0.6) is 5.75 Å². The number of ether oxygens (including phenoxy) is 1. The van der Waals surface area contributed by atoms with Crippen molar-refractivity contribution in [2.24, 2.45) is 5.73 Å². The molecule has 5 heteroatoms. The molecule has 0 radical (unpaired) electrons. The van der Waals surface area contributed by atoms with Crippen LogP contribution in [0.1, 0.15) is 87.2 Å². The summed E-state index contributed by atoms with van der Waals surface area (Å²) >= 11 is 0. The van der Waals surface area contributed by atoms with E-state index in [1.54, 1.807) is 24.3 Å². The van der Waals surface area contributed by atoms with E-state index in [0.29, 0.717) is 17.7 Å². The van der Waals surface area contributed by atoms with Gasteiger partial charge in [-0.1, -0.05) is 64.7 Å². The summed E-state index contributed by atoms with van der Waals surface area (Å²) in [5.74, 6) is 0.0222. The lowest BCUT2D eigenvalue weighted by atomic mass is 10.00. The minimum atomic E-state index is -0.622. The van der Waals surface area contributed by atoms with Gasteiger partial charge in [0.05, 0.1) is 0 Å². The van der Waals surface area contributed by atoms with Gasteiger partial charge in [0, 0.05) is 11.3 Å². The maximum Gasteiger partial charge on any atom is 0.265 e. The van der Waals surface area contributed by atoms with Gasteiger partial charge in [-0.15, -0.1) is 0 Å². The monoisotopic (exact) mass is 438 g/mol. The normalized spacial score (nSPS) is 11.7. The number of primary amides is 1. The van der Waals surface area contributed by atoms with E-state index in [-0.39, 0.29) is 5.91 Å². The summed E-state index contributed by atoms with van der Waals surface area (Å²) in [6, 6.07) is 13.0. The van der Waals surface area contributed by atoms with Crippen LogP contribution >= 0.6 is 0 Å². The van der Waals surface area contributed by atoms with Crippen LogP contribution in [0.15, 0.2) is 42.5 Å². The molecule has 0 saturated carbocycles. The third kappa shape index (κ3) is 8.03. The molecular weight excluding hydrogens is 400 g/mol. The molecule has 0 spiro atoms. The zero-order chi connectivity index (χ0) is 23.3. The van der Waals surface area contributed by atoms with Gasteiger partial charge in [0.2, 0.25) is 5.91 Å². The molecule has 2 aromatic rings. The van der Waals surface area contributed by atoms with Crippen molar-refractivity contribution in [3.8, 4) is 5.75 Å². The van der Waals surface area contributed by atoms with E-state index in [1.807, 2.05) is 13.0 Å². The molecule has 0 heterocycles. The van der Waals surface area contributed by atoms with E-state index in [4.69, 9.17) is 10.5 Å². The van der Waals surface area contributed by atoms with Gasteiger partial charge in [0.1, 0.15) is 5.75 Å². The number of nitrogens with one attached hydrogen (secondary N) is 1. The molecule has 0 aromatic heterocycles. The molecule has 2 aromatic carbocycles. The van der Waals surface area contributed by atoms with Crippen LogP contribution in [0, 0.1) is 0 Å². The molecule has 0 saturated heterocycles. The lowest BCUT2D eigenvalue weighted by molar-refractivity contribution is -0.122. The third-order valence-electron chi connectivity index (χ3n) is 5.59. The van der Waals surface area contributed by atoms with Crippen molar-refractivity contribution in [1.29, 1.82) is 0 Å². The second-order valence-electron chi connectivity index (χ2n) is 8.31. The minimum absolute atomic E-state index is 0.236. The lowest BCUT2D eigenvalue weighted by Gasteiger charge is -2.20. The number of nitrogens with two attached hydrogens (primary N) is 1. The van der Waals surface area contributed by atoms with Gasteiger partial charge in [0.25, 0.3) is 5.91 Å². The number of benzene rings is 2. The standard InChI is InChI=1S/C27H38N2O3/c1-4-7-9-12-20-16-17-25(21(18-20)13-10-8-5-2)32-24(6-3)27(31)29-23-15-11-14-22(19-23)26(28)30/h11,14-19,24H,4-10,12-13H2,1-3H3,(H2,28,30)(H,29,31). The van der Waals surface area contributed by atoms with Crippen molar-refractivity contribution >= 4 is 17.5 Å². The first-order valence-corrected chi connectivity index (χ1v) is 12.0. The van der Waals surface area contributed by atoms with Crippen LogP contribution in [0.25, 0.3) is 0 Å². The summed E-state index contributed by atoms with van der Waals surface area (Å²) in [4.78, 5) is 24.3. The molecule has 0 aliphatic heterocycles. The van der Waals surface area contributed by atoms with Crippen molar-refractivity contribution in [3.05, 3.63) is 59.2 Å². The smallest absolute Gasteiger partial charge is 0.265 e. The van der Waals surface area contributed by atoms with E-state index >= 15 is 0 Å². The highest BCUT2D eigenvalue weighted by atomic mass is 16.5. The maximum absolute atomic E-state index is 12.9. The second kappa shape index (κ2) is 13.6. The molecule has 2 amide bonds. The Morgan fingerprint density at radius 1 is 0.938 bits per heavy atom. The Kier molecular flexibility index (Phi) is 10.8. The van der Waals surface area contributed by atoms with Crippen LogP contribution in [-0.2, 0) is 17.6 Å². The highest BCUT2D eigenvalue weighted by molar-refractivity contribution is 5.97. The van der Waals surface area contributed by atoms with Gasteiger partial charge in [0.15, 0.2) is 6.10 Å². The molecule has 0 fully saturated rings. The van der Waals surface area contributed by atoms with Crippen molar-refractivity contribution < 1.29 is 14.3 Å². The summed E-state index contributed by atoms with van der Waals surface area (Å²) in [5.41, 5.74) is 8.73. The van der Waals surface area contributed by atoms with Crippen molar-refractivity contribution in [2.45, 2.75) is 84.7 Å². The molecule has 1 atom stereocenters. The fourth-order valence-corrected chi connectivity index (χ4v) is 3.69. The predicted molar refractivity (Wildman–Crippen MR) is 131 cm³/mol. The molecule has 2 rings (SSSR count). The Morgan fingerprint density at radius 3 is 2.31 bits per heavy atom. The Bertz CT molecular complexity index is 879. The molecule has 174 valence electrons. The Morgan fingerprint density at radius 2 is 1.66 bits per heavy atom. The number of hydrogen-bond donors (Lipinski definition) is 2. The number of hydrogen-bond acceptors (Lipinski definition) is 3. The number of unbranched alkanes of at least 4 members (excludes halogenated alkanes) is 4. The van der Waals surface area contributed by atoms with Gasteiger partial charge in [-0.2, -0.15) is 0 Å². The van der Waals surface area contributed by atoms with E-state index in [0.717, 1.165) is 31.4 Å². The molecule has 1 unspecified atom stereocenters. The zero-order valence-electron chi connectivity index (χ0n) is 19.8. The van der Waals surface area contributed by atoms with E-state index < -0.39 is 12.0 Å². The van der Waals surface area contributed by atoms with Crippen molar-refractivity contribution in [3.63, 3.8) is 0 Å². The average Bonchev–Trinajstić information content (AvgIpc) is 2.79. The molecular formula is C27H38N2O3. The van der Waals surface area contributed by atoms with Crippen LogP contribution < -0.4 is 15.8 Å². The first-order valence-electron chi connectivity index (χ1n) is 12.0. The van der Waals surface area contributed by atoms with Crippen LogP contribution in [-0.4, -0.2) is 17.9 Å². The fourth-order valence-electron chi connectivity index (χ4n) is 3.69. The van der Waals surface area contributed by atoms with Crippen molar-refractivity contribution in [2.75, 3.05) is 5.32 Å². The molecule has 0 aliphatic carbocycles. The first kappa shape index (κ1) is 25.4. The summed E-state index contributed by atoms with van der Waals surface area (Å²) in [7, 11) is 0. The van der Waals surface area contributed by atoms with Gasteiger partial charge in [-0.3, -0.25) is 9.59 Å². The largest absolute Gasteiger partial charge is 0.480 e. The third-order valence-corrected chi connectivity index (χ3v) is 5.59. The second-order valence-corrected chi connectivity index (χ2v) is 8.31. The number of rotatable bonds is 14. The van der Waals surface area contributed by atoms with Gasteiger partial charge < -0.3 is 15.8 Å². The van der Waals surface area contributed by atoms with E-state index in [2.05, 4.69) is 31.3 Å². The highest BCUT2D eigenvalue weighted by Crippen LogP contribution is 2.26. The predicted octanol–water partition coefficient (Wildman–Crippen LogP) is 6.05. The summed E-state index contributed by atoms with van der Waals surface area (Å²) in [5, 5.41) is 2.85. The van der Waals surface area contributed by atoms with Crippen LogP contribution in [0.2, 0.25) is 0 Å². The number of aryl methyl sites for hydroxylation is 2. The van der Waals surface area contributed by atoms with Crippen LogP contribution in [0.3, 0.4) is 0 Å². The van der Waals surface area contributed by atoms with Crippen LogP contribution in [0.4, 0.5) is 5.69 Å². The Labute approximate surface area is 192 Å². The first-order chi connectivity index (χ1) is 15.5. The average molecular weight is 439 g/mol. The van der Waals surface area contributed by atoms with Gasteiger partial charge in [-0.25, -0.2) is 0 Å². The van der Waals surface area contributed by atoms with Crippen molar-refractivity contribution in [1.82, 2.24) is 0 Å². The van der Waals surface area contributed by atoms with E-state index in [9.17, 15) is 9.59 Å². The zero-order valence-corrected chi connectivity index (χ0v) is 19.8. The Hall–Kier alpha value is -2.82.